The molecule has 0 radical (unpaired) electrons. The maximum atomic E-state index is 14.0. The van der Waals surface area contributed by atoms with Crippen molar-refractivity contribution in [2.45, 2.75) is 19.3 Å². The molecule has 4 aromatic rings. The Bertz CT molecular complexity index is 1310. The van der Waals surface area contributed by atoms with Crippen LogP contribution in [0.3, 0.4) is 0 Å². The third-order valence-electron chi connectivity index (χ3n) is 5.60. The van der Waals surface area contributed by atoms with Crippen LogP contribution in [-0.2, 0) is 12.8 Å². The summed E-state index contributed by atoms with van der Waals surface area (Å²) < 4.78 is 27.9. The Kier molecular flexibility index (Phi) is 5.19. The van der Waals surface area contributed by atoms with Gasteiger partial charge in [0.25, 0.3) is 5.91 Å². The van der Waals surface area contributed by atoms with Crippen LogP contribution in [0, 0.1) is 11.6 Å². The van der Waals surface area contributed by atoms with Gasteiger partial charge in [-0.1, -0.05) is 18.2 Å². The normalized spacial score (nSPS) is 12.6. The lowest BCUT2D eigenvalue weighted by Crippen LogP contribution is -2.12. The first-order chi connectivity index (χ1) is 15.5. The molecule has 1 aliphatic carbocycles. The number of para-hydroxylation sites is 1. The molecule has 1 amide bonds. The maximum Gasteiger partial charge on any atom is 0.265 e. The number of hydrogen-bond donors (Lipinski definition) is 2. The maximum absolute atomic E-state index is 14.0. The van der Waals surface area contributed by atoms with Crippen molar-refractivity contribution in [3.8, 4) is 21.6 Å². The highest BCUT2D eigenvalue weighted by Gasteiger charge is 2.22. The third-order valence-corrected chi connectivity index (χ3v) is 6.81. The summed E-state index contributed by atoms with van der Waals surface area (Å²) in [6.45, 7) is 0. The van der Waals surface area contributed by atoms with Gasteiger partial charge < -0.3 is 11.1 Å². The van der Waals surface area contributed by atoms with Crippen LogP contribution in [0.15, 0.2) is 60.8 Å². The molecule has 0 saturated heterocycles. The fourth-order valence-electron chi connectivity index (χ4n) is 3.98. The molecule has 2 aromatic heterocycles. The van der Waals surface area contributed by atoms with Gasteiger partial charge in [0.2, 0.25) is 0 Å². The van der Waals surface area contributed by atoms with Gasteiger partial charge in [-0.3, -0.25) is 4.79 Å². The smallest absolute Gasteiger partial charge is 0.265 e. The summed E-state index contributed by atoms with van der Waals surface area (Å²) in [4.78, 5) is 18.4. The van der Waals surface area contributed by atoms with Crippen LogP contribution >= 0.6 is 11.3 Å². The fraction of sp³-hybridized carbons (Fsp3) is 0.120. The van der Waals surface area contributed by atoms with Gasteiger partial charge in [-0.2, -0.15) is 0 Å². The van der Waals surface area contributed by atoms with E-state index < -0.39 is 23.2 Å². The van der Waals surface area contributed by atoms with Crippen molar-refractivity contribution in [1.82, 2.24) is 4.98 Å². The molecular weight excluding hydrogens is 428 g/mol. The highest BCUT2D eigenvalue weighted by atomic mass is 32.1. The highest BCUT2D eigenvalue weighted by molar-refractivity contribution is 7.17. The first-order valence-electron chi connectivity index (χ1n) is 10.2. The second-order valence-electron chi connectivity index (χ2n) is 7.71. The minimum atomic E-state index is -0.802. The average molecular weight is 448 g/mol. The van der Waals surface area contributed by atoms with Gasteiger partial charge in [0.15, 0.2) is 0 Å². The van der Waals surface area contributed by atoms with Gasteiger partial charge in [0.1, 0.15) is 23.1 Å². The number of nitrogens with two attached hydrogens (primary N) is 1. The molecule has 0 unspecified atom stereocenters. The Morgan fingerprint density at radius 1 is 0.969 bits per heavy atom. The number of hydrogen-bond acceptors (Lipinski definition) is 4. The SMILES string of the molecule is Nc1ccc(-c2ccc3c(c2)-c2sc(C(=O)Nc4c(F)cccc4F)cc2CCC3)cn1. The number of carbonyl (C=O) groups excluding carboxylic acids is 1. The van der Waals surface area contributed by atoms with E-state index in [1.54, 1.807) is 12.3 Å². The Morgan fingerprint density at radius 3 is 2.47 bits per heavy atom. The lowest BCUT2D eigenvalue weighted by atomic mass is 9.98. The molecule has 4 nitrogen and oxygen atoms in total. The number of halogens is 2. The van der Waals surface area contributed by atoms with Crippen LogP contribution in [0.2, 0.25) is 0 Å². The van der Waals surface area contributed by atoms with Gasteiger partial charge in [-0.05, 0) is 77.9 Å². The van der Waals surface area contributed by atoms with E-state index in [1.165, 1.54) is 23.0 Å². The molecule has 2 aromatic carbocycles. The average Bonchev–Trinajstić information content (AvgIpc) is 3.14. The standard InChI is InChI=1S/C25H19F2N3OS/c26-19-5-2-6-20(27)23(19)30-25(31)21-12-16-4-1-3-14-7-8-15(11-18(14)24(16)32-21)17-9-10-22(28)29-13-17/h2,5-13H,1,3-4H2,(H2,28,29)(H,30,31). The molecule has 160 valence electrons. The first-order valence-corrected chi connectivity index (χ1v) is 11.0. The Labute approximate surface area is 187 Å². The molecule has 0 fully saturated rings. The van der Waals surface area contributed by atoms with Crippen LogP contribution in [0.4, 0.5) is 20.3 Å². The number of pyridine rings is 1. The zero-order valence-corrected chi connectivity index (χ0v) is 17.8. The molecule has 1 aliphatic rings. The summed E-state index contributed by atoms with van der Waals surface area (Å²) in [5, 5.41) is 2.39. The number of nitrogen functional groups attached to an aromatic ring is 1. The van der Waals surface area contributed by atoms with E-state index in [9.17, 15) is 13.6 Å². The predicted octanol–water partition coefficient (Wildman–Crippen LogP) is 6.08. The number of fused-ring (bicyclic) bond motifs is 3. The van der Waals surface area contributed by atoms with E-state index in [-0.39, 0.29) is 0 Å². The number of anilines is 2. The van der Waals surface area contributed by atoms with Crippen molar-refractivity contribution in [2.75, 3.05) is 11.1 Å². The number of carbonyl (C=O) groups is 1. The fourth-order valence-corrected chi connectivity index (χ4v) is 5.13. The molecule has 0 atom stereocenters. The van der Waals surface area contributed by atoms with Gasteiger partial charge in [-0.25, -0.2) is 13.8 Å². The van der Waals surface area contributed by atoms with E-state index >= 15 is 0 Å². The van der Waals surface area contributed by atoms with Crippen molar-refractivity contribution >= 4 is 28.7 Å². The minimum absolute atomic E-state index is 0.421. The zero-order chi connectivity index (χ0) is 22.2. The summed E-state index contributed by atoms with van der Waals surface area (Å²) in [5.74, 6) is -1.66. The van der Waals surface area contributed by atoms with Crippen LogP contribution in [0.25, 0.3) is 21.6 Å². The van der Waals surface area contributed by atoms with Crippen molar-refractivity contribution in [3.05, 3.63) is 88.4 Å². The molecule has 3 N–H and O–H groups in total. The summed E-state index contributed by atoms with van der Waals surface area (Å²) in [7, 11) is 0. The quantitative estimate of drug-likeness (QED) is 0.400. The lowest BCUT2D eigenvalue weighted by Gasteiger charge is -2.10. The predicted molar refractivity (Wildman–Crippen MR) is 124 cm³/mol. The zero-order valence-electron chi connectivity index (χ0n) is 17.0. The summed E-state index contributed by atoms with van der Waals surface area (Å²) in [6.07, 6.45) is 4.48. The molecule has 32 heavy (non-hydrogen) atoms. The second-order valence-corrected chi connectivity index (χ2v) is 8.77. The van der Waals surface area contributed by atoms with Crippen molar-refractivity contribution in [1.29, 1.82) is 0 Å². The number of nitrogens with one attached hydrogen (secondary N) is 1. The number of aryl methyl sites for hydroxylation is 2. The van der Waals surface area contributed by atoms with E-state index in [0.717, 1.165) is 58.5 Å². The second kappa shape index (κ2) is 8.16. The van der Waals surface area contributed by atoms with Gasteiger partial charge in [0, 0.05) is 16.6 Å². The van der Waals surface area contributed by atoms with Crippen LogP contribution in [0.5, 0.6) is 0 Å². The number of benzene rings is 2. The van der Waals surface area contributed by atoms with E-state index in [0.29, 0.717) is 10.7 Å². The topological polar surface area (TPSA) is 68.0 Å². The first kappa shape index (κ1) is 20.3. The minimum Gasteiger partial charge on any atom is -0.384 e. The van der Waals surface area contributed by atoms with Crippen molar-refractivity contribution in [2.24, 2.45) is 0 Å². The number of nitrogens with zero attached hydrogens (tertiary/aromatic N) is 1. The lowest BCUT2D eigenvalue weighted by molar-refractivity contribution is 0.102. The molecule has 7 heteroatoms. The molecular formula is C25H19F2N3OS. The number of amides is 1. The summed E-state index contributed by atoms with van der Waals surface area (Å²) >= 11 is 1.34. The van der Waals surface area contributed by atoms with E-state index in [2.05, 4.69) is 28.5 Å². The summed E-state index contributed by atoms with van der Waals surface area (Å²) in [5.41, 5.74) is 10.6. The van der Waals surface area contributed by atoms with Gasteiger partial charge in [0.05, 0.1) is 4.88 Å². The molecule has 0 spiro atoms. The van der Waals surface area contributed by atoms with Crippen molar-refractivity contribution < 1.29 is 13.6 Å². The third kappa shape index (κ3) is 3.76. The van der Waals surface area contributed by atoms with Crippen LogP contribution < -0.4 is 11.1 Å². The molecule has 5 rings (SSSR count). The number of rotatable bonds is 3. The molecule has 0 bridgehead atoms. The largest absolute Gasteiger partial charge is 0.384 e. The molecule has 0 aliphatic heterocycles. The van der Waals surface area contributed by atoms with E-state index in [4.69, 9.17) is 5.73 Å². The van der Waals surface area contributed by atoms with E-state index in [1.807, 2.05) is 12.1 Å². The summed E-state index contributed by atoms with van der Waals surface area (Å²) in [6, 6.07) is 15.3. The van der Waals surface area contributed by atoms with Crippen molar-refractivity contribution in [3.63, 3.8) is 0 Å². The van der Waals surface area contributed by atoms with Crippen LogP contribution in [-0.4, -0.2) is 10.9 Å². The Balaban J connectivity index is 1.52. The Morgan fingerprint density at radius 2 is 1.72 bits per heavy atom. The highest BCUT2D eigenvalue weighted by Crippen LogP contribution is 2.40. The van der Waals surface area contributed by atoms with Gasteiger partial charge in [-0.15, -0.1) is 11.3 Å². The molecule has 2 heterocycles. The van der Waals surface area contributed by atoms with Crippen LogP contribution in [0.1, 0.15) is 27.2 Å². The molecule has 0 saturated carbocycles. The number of aromatic nitrogens is 1. The Hall–Kier alpha value is -3.58. The monoisotopic (exact) mass is 447 g/mol. The van der Waals surface area contributed by atoms with Gasteiger partial charge >= 0.3 is 0 Å². The number of thiophene rings is 1.